The van der Waals surface area contributed by atoms with E-state index < -0.39 is 0 Å². The maximum atomic E-state index is 14.1. The van der Waals surface area contributed by atoms with E-state index in [1.807, 2.05) is 24.3 Å². The molecule has 4 aromatic rings. The zero-order chi connectivity index (χ0) is 17.1. The molecule has 3 heterocycles. The fraction of sp³-hybridized carbons (Fsp3) is 0.0526. The summed E-state index contributed by atoms with van der Waals surface area (Å²) in [5.74, 6) is 0.271. The summed E-state index contributed by atoms with van der Waals surface area (Å²) in [6, 6.07) is 14.1. The summed E-state index contributed by atoms with van der Waals surface area (Å²) in [5, 5.41) is 4.59. The second kappa shape index (κ2) is 6.60. The molecule has 0 aliphatic carbocycles. The lowest BCUT2D eigenvalue weighted by Gasteiger charge is -2.08. The summed E-state index contributed by atoms with van der Waals surface area (Å²) < 4.78 is 15.8. The van der Waals surface area contributed by atoms with Gasteiger partial charge < -0.3 is 0 Å². The average molecular weight is 331 g/mol. The van der Waals surface area contributed by atoms with Gasteiger partial charge in [-0.05, 0) is 30.3 Å². The van der Waals surface area contributed by atoms with Gasteiger partial charge in [-0.25, -0.2) is 14.4 Å². The standard InChI is InChI=1S/C19H14FN5/c20-16-7-2-1-5-15(16)13-25-18(14-6-3-8-21-12-14)11-17(24-25)19-22-9-4-10-23-19/h1-12H,13H2. The molecule has 0 unspecified atom stereocenters. The fourth-order valence-electron chi connectivity index (χ4n) is 2.61. The van der Waals surface area contributed by atoms with Gasteiger partial charge in [0.25, 0.3) is 0 Å². The molecule has 6 heteroatoms. The molecule has 0 spiro atoms. The Bertz CT molecular complexity index is 983. The van der Waals surface area contributed by atoms with Crippen molar-refractivity contribution in [2.45, 2.75) is 6.54 Å². The van der Waals surface area contributed by atoms with Crippen molar-refractivity contribution in [3.63, 3.8) is 0 Å². The van der Waals surface area contributed by atoms with E-state index in [4.69, 9.17) is 0 Å². The molecule has 0 fully saturated rings. The van der Waals surface area contributed by atoms with Crippen LogP contribution in [0, 0.1) is 5.82 Å². The zero-order valence-corrected chi connectivity index (χ0v) is 13.2. The predicted octanol–water partition coefficient (Wildman–Crippen LogP) is 3.59. The summed E-state index contributed by atoms with van der Waals surface area (Å²) in [6.07, 6.45) is 6.80. The Kier molecular flexibility index (Phi) is 4.00. The molecule has 0 radical (unpaired) electrons. The molecule has 0 aliphatic rings. The first-order valence-electron chi connectivity index (χ1n) is 7.80. The molecule has 3 aromatic heterocycles. The van der Waals surface area contributed by atoms with Crippen molar-refractivity contribution in [1.29, 1.82) is 0 Å². The van der Waals surface area contributed by atoms with Crippen molar-refractivity contribution in [3.05, 3.63) is 84.7 Å². The number of aromatic nitrogens is 5. The molecule has 25 heavy (non-hydrogen) atoms. The van der Waals surface area contributed by atoms with Crippen molar-refractivity contribution in [2.75, 3.05) is 0 Å². The van der Waals surface area contributed by atoms with Crippen molar-refractivity contribution in [1.82, 2.24) is 24.7 Å². The lowest BCUT2D eigenvalue weighted by atomic mass is 10.1. The highest BCUT2D eigenvalue weighted by Gasteiger charge is 2.14. The van der Waals surface area contributed by atoms with Gasteiger partial charge in [0.05, 0.1) is 12.2 Å². The largest absolute Gasteiger partial charge is 0.264 e. The third-order valence-corrected chi connectivity index (χ3v) is 3.81. The SMILES string of the molecule is Fc1ccccc1Cn1nc(-c2ncccn2)cc1-c1cccnc1. The highest BCUT2D eigenvalue weighted by Crippen LogP contribution is 2.25. The molecule has 0 atom stereocenters. The first-order valence-corrected chi connectivity index (χ1v) is 7.80. The van der Waals surface area contributed by atoms with E-state index in [9.17, 15) is 4.39 Å². The summed E-state index contributed by atoms with van der Waals surface area (Å²) in [6.45, 7) is 0.309. The second-order valence-corrected chi connectivity index (χ2v) is 5.48. The number of benzene rings is 1. The minimum absolute atomic E-state index is 0.257. The van der Waals surface area contributed by atoms with Crippen LogP contribution in [0.5, 0.6) is 0 Å². The van der Waals surface area contributed by atoms with Crippen LogP contribution in [0.25, 0.3) is 22.8 Å². The molecule has 0 aliphatic heterocycles. The van der Waals surface area contributed by atoms with E-state index in [0.717, 1.165) is 11.3 Å². The molecule has 4 rings (SSSR count). The van der Waals surface area contributed by atoms with E-state index in [2.05, 4.69) is 20.1 Å². The highest BCUT2D eigenvalue weighted by molar-refractivity contribution is 5.65. The lowest BCUT2D eigenvalue weighted by Crippen LogP contribution is -2.06. The molecule has 0 saturated carbocycles. The van der Waals surface area contributed by atoms with Crippen molar-refractivity contribution >= 4 is 0 Å². The monoisotopic (exact) mass is 331 g/mol. The number of rotatable bonds is 4. The molecular weight excluding hydrogens is 317 g/mol. The maximum absolute atomic E-state index is 14.1. The highest BCUT2D eigenvalue weighted by atomic mass is 19.1. The van der Waals surface area contributed by atoms with Gasteiger partial charge >= 0.3 is 0 Å². The first-order chi connectivity index (χ1) is 12.3. The minimum atomic E-state index is -0.257. The number of hydrogen-bond donors (Lipinski definition) is 0. The fourth-order valence-corrected chi connectivity index (χ4v) is 2.61. The number of halogens is 1. The van der Waals surface area contributed by atoms with Gasteiger partial charge in [-0.3, -0.25) is 9.67 Å². The van der Waals surface area contributed by atoms with E-state index in [1.54, 1.807) is 47.7 Å². The topological polar surface area (TPSA) is 56.5 Å². The van der Waals surface area contributed by atoms with Gasteiger partial charge in [-0.2, -0.15) is 5.10 Å². The normalized spacial score (nSPS) is 10.8. The van der Waals surface area contributed by atoms with Crippen molar-refractivity contribution < 1.29 is 4.39 Å². The zero-order valence-electron chi connectivity index (χ0n) is 13.2. The Balaban J connectivity index is 1.81. The molecule has 5 nitrogen and oxygen atoms in total. The van der Waals surface area contributed by atoms with Crippen LogP contribution >= 0.6 is 0 Å². The molecule has 0 bridgehead atoms. The molecule has 1 aromatic carbocycles. The van der Waals surface area contributed by atoms with Gasteiger partial charge in [0.1, 0.15) is 11.5 Å². The Morgan fingerprint density at radius 1 is 0.920 bits per heavy atom. The summed E-state index contributed by atoms with van der Waals surface area (Å²) in [5.41, 5.74) is 2.93. The molecule has 0 N–H and O–H groups in total. The van der Waals surface area contributed by atoms with Crippen molar-refractivity contribution in [2.24, 2.45) is 0 Å². The molecule has 0 saturated heterocycles. The quantitative estimate of drug-likeness (QED) is 0.573. The summed E-state index contributed by atoms with van der Waals surface area (Å²) >= 11 is 0. The maximum Gasteiger partial charge on any atom is 0.180 e. The second-order valence-electron chi connectivity index (χ2n) is 5.48. The van der Waals surface area contributed by atoms with Crippen LogP contribution in [0.4, 0.5) is 4.39 Å². The average Bonchev–Trinajstić information content (AvgIpc) is 3.09. The lowest BCUT2D eigenvalue weighted by molar-refractivity contribution is 0.587. The minimum Gasteiger partial charge on any atom is -0.264 e. The molecule has 122 valence electrons. The third kappa shape index (κ3) is 3.14. The van der Waals surface area contributed by atoms with Crippen LogP contribution < -0.4 is 0 Å². The van der Waals surface area contributed by atoms with Crippen LogP contribution in [0.1, 0.15) is 5.56 Å². The van der Waals surface area contributed by atoms with Crippen LogP contribution in [0.3, 0.4) is 0 Å². The summed E-state index contributed by atoms with van der Waals surface area (Å²) in [4.78, 5) is 12.7. The molecular formula is C19H14FN5. The molecule has 0 amide bonds. The number of nitrogens with zero attached hydrogens (tertiary/aromatic N) is 5. The van der Waals surface area contributed by atoms with E-state index in [1.165, 1.54) is 6.07 Å². The van der Waals surface area contributed by atoms with Crippen LogP contribution in [0.2, 0.25) is 0 Å². The van der Waals surface area contributed by atoms with E-state index >= 15 is 0 Å². The van der Waals surface area contributed by atoms with Crippen molar-refractivity contribution in [3.8, 4) is 22.8 Å². The van der Waals surface area contributed by atoms with Gasteiger partial charge in [0.15, 0.2) is 5.82 Å². The van der Waals surface area contributed by atoms with Gasteiger partial charge in [0, 0.05) is 35.9 Å². The van der Waals surface area contributed by atoms with Crippen LogP contribution in [-0.4, -0.2) is 24.7 Å². The Labute approximate surface area is 143 Å². The summed E-state index contributed by atoms with van der Waals surface area (Å²) in [7, 11) is 0. The van der Waals surface area contributed by atoms with Gasteiger partial charge in [-0.15, -0.1) is 0 Å². The van der Waals surface area contributed by atoms with E-state index in [0.29, 0.717) is 23.6 Å². The number of hydrogen-bond acceptors (Lipinski definition) is 4. The van der Waals surface area contributed by atoms with Gasteiger partial charge in [0.2, 0.25) is 0 Å². The van der Waals surface area contributed by atoms with Crippen LogP contribution in [0.15, 0.2) is 73.3 Å². The van der Waals surface area contributed by atoms with E-state index in [-0.39, 0.29) is 5.82 Å². The first kappa shape index (κ1) is 15.1. The van der Waals surface area contributed by atoms with Crippen LogP contribution in [-0.2, 0) is 6.54 Å². The number of pyridine rings is 1. The smallest absolute Gasteiger partial charge is 0.180 e. The third-order valence-electron chi connectivity index (χ3n) is 3.81. The Morgan fingerprint density at radius 2 is 1.76 bits per heavy atom. The van der Waals surface area contributed by atoms with Gasteiger partial charge in [-0.1, -0.05) is 18.2 Å². The Hall–Kier alpha value is -3.41. The predicted molar refractivity (Wildman–Crippen MR) is 92.0 cm³/mol. The Morgan fingerprint density at radius 3 is 2.52 bits per heavy atom.